The molecule has 0 aliphatic carbocycles. The summed E-state index contributed by atoms with van der Waals surface area (Å²) in [5.74, 6) is -0.922. The Morgan fingerprint density at radius 1 is 1.11 bits per heavy atom. The highest BCUT2D eigenvalue weighted by atomic mass is 16.4. The first kappa shape index (κ1) is 19.0. The van der Waals surface area contributed by atoms with Crippen LogP contribution in [-0.4, -0.2) is 29.2 Å². The summed E-state index contributed by atoms with van der Waals surface area (Å²) in [6, 6.07) is 13.0. The molecule has 1 aliphatic heterocycles. The largest absolute Gasteiger partial charge is 0.476 e. The molecule has 1 aliphatic rings. The molecule has 4 heteroatoms. The third kappa shape index (κ3) is 4.00. The molecule has 3 rings (SSSR count). The molecule has 140 valence electrons. The summed E-state index contributed by atoms with van der Waals surface area (Å²) >= 11 is 0. The molecule has 0 bridgehead atoms. The number of aliphatic carboxylic acids is 1. The highest BCUT2D eigenvalue weighted by Gasteiger charge is 2.26. The van der Waals surface area contributed by atoms with E-state index < -0.39 is 5.97 Å². The fourth-order valence-electron chi connectivity index (χ4n) is 3.99. The molecule has 27 heavy (non-hydrogen) atoms. The zero-order valence-corrected chi connectivity index (χ0v) is 16.4. The summed E-state index contributed by atoms with van der Waals surface area (Å²) in [6.45, 7) is 8.55. The molecule has 2 aromatic rings. The first-order chi connectivity index (χ1) is 12.9. The predicted molar refractivity (Wildman–Crippen MR) is 111 cm³/mol. The number of benzene rings is 2. The quantitative estimate of drug-likeness (QED) is 0.777. The summed E-state index contributed by atoms with van der Waals surface area (Å²) < 4.78 is 0. The van der Waals surface area contributed by atoms with Gasteiger partial charge in [-0.2, -0.15) is 0 Å². The van der Waals surface area contributed by atoms with E-state index in [1.807, 2.05) is 0 Å². The fraction of sp³-hybridized carbons (Fsp3) is 0.348. The lowest BCUT2D eigenvalue weighted by Gasteiger charge is -2.20. The average molecular weight is 362 g/mol. The van der Waals surface area contributed by atoms with Gasteiger partial charge < -0.3 is 5.11 Å². The first-order valence-corrected chi connectivity index (χ1v) is 9.43. The standard InChI is InChI=1S/C23H26N2O2/c1-5-6-19(22-24-13-20(25-22)23(26)27)17-7-9-18(10-8-17)21-15(3)11-14(2)12-16(21)4/h7-13,19,22H,5-6H2,1-4H3,(H,26,27). The highest BCUT2D eigenvalue weighted by Crippen LogP contribution is 2.33. The van der Waals surface area contributed by atoms with Crippen molar-refractivity contribution in [1.29, 1.82) is 0 Å². The summed E-state index contributed by atoms with van der Waals surface area (Å²) in [4.78, 5) is 19.8. The van der Waals surface area contributed by atoms with Crippen molar-refractivity contribution in [3.05, 3.63) is 58.7 Å². The van der Waals surface area contributed by atoms with Crippen molar-refractivity contribution in [3.63, 3.8) is 0 Å². The van der Waals surface area contributed by atoms with Gasteiger partial charge in [-0.05, 0) is 55.0 Å². The van der Waals surface area contributed by atoms with Crippen LogP contribution in [0.15, 0.2) is 46.4 Å². The average Bonchev–Trinajstić information content (AvgIpc) is 3.09. The predicted octanol–water partition coefficient (Wildman–Crippen LogP) is 5.10. The minimum Gasteiger partial charge on any atom is -0.476 e. The minimum absolute atomic E-state index is 0.0450. The van der Waals surface area contributed by atoms with Crippen LogP contribution in [0.4, 0.5) is 0 Å². The maximum atomic E-state index is 11.1. The Bertz CT molecular complexity index is 887. The molecule has 0 fully saturated rings. The van der Waals surface area contributed by atoms with Gasteiger partial charge in [-0.1, -0.05) is 55.3 Å². The Balaban J connectivity index is 1.91. The normalized spacial score (nSPS) is 17.0. The number of aliphatic imine (C=N–C) groups is 2. The van der Waals surface area contributed by atoms with Crippen molar-refractivity contribution in [1.82, 2.24) is 0 Å². The molecule has 4 nitrogen and oxygen atoms in total. The van der Waals surface area contributed by atoms with Crippen LogP contribution in [0, 0.1) is 20.8 Å². The number of hydrogen-bond acceptors (Lipinski definition) is 3. The van der Waals surface area contributed by atoms with E-state index in [2.05, 4.69) is 74.1 Å². The smallest absolute Gasteiger partial charge is 0.355 e. The van der Waals surface area contributed by atoms with E-state index in [1.165, 1.54) is 34.0 Å². The summed E-state index contributed by atoms with van der Waals surface area (Å²) in [5, 5.41) is 9.13. The van der Waals surface area contributed by atoms with Crippen LogP contribution >= 0.6 is 0 Å². The van der Waals surface area contributed by atoms with Gasteiger partial charge in [-0.25, -0.2) is 9.79 Å². The number of hydrogen-bond donors (Lipinski definition) is 1. The van der Waals surface area contributed by atoms with Crippen LogP contribution in [0.2, 0.25) is 0 Å². The molecule has 0 amide bonds. The second-order valence-corrected chi connectivity index (χ2v) is 7.30. The van der Waals surface area contributed by atoms with Gasteiger partial charge in [0, 0.05) is 5.92 Å². The van der Waals surface area contributed by atoms with Crippen molar-refractivity contribution < 1.29 is 9.90 Å². The highest BCUT2D eigenvalue weighted by molar-refractivity contribution is 6.59. The Labute approximate surface area is 160 Å². The molecule has 0 radical (unpaired) electrons. The van der Waals surface area contributed by atoms with Gasteiger partial charge in [-0.15, -0.1) is 0 Å². The molecule has 2 unspecified atom stereocenters. The molecule has 0 spiro atoms. The molecule has 2 atom stereocenters. The van der Waals surface area contributed by atoms with Crippen LogP contribution in [0.25, 0.3) is 11.1 Å². The number of carboxylic acid groups (broad SMARTS) is 1. The van der Waals surface area contributed by atoms with E-state index >= 15 is 0 Å². The van der Waals surface area contributed by atoms with Gasteiger partial charge in [0.2, 0.25) is 0 Å². The Morgan fingerprint density at radius 2 is 1.74 bits per heavy atom. The SMILES string of the molecule is CCCC(c1ccc(-c2c(C)cc(C)cc2C)cc1)C1N=CC(C(=O)O)=N1. The van der Waals surface area contributed by atoms with Gasteiger partial charge >= 0.3 is 5.97 Å². The number of nitrogens with zero attached hydrogens (tertiary/aromatic N) is 2. The molecule has 2 aromatic carbocycles. The third-order valence-corrected chi connectivity index (χ3v) is 5.10. The lowest BCUT2D eigenvalue weighted by atomic mass is 9.89. The monoisotopic (exact) mass is 362 g/mol. The van der Waals surface area contributed by atoms with Crippen molar-refractivity contribution in [2.75, 3.05) is 0 Å². The fourth-order valence-corrected chi connectivity index (χ4v) is 3.99. The first-order valence-electron chi connectivity index (χ1n) is 9.43. The van der Waals surface area contributed by atoms with Gasteiger partial charge in [0.15, 0.2) is 5.71 Å². The van der Waals surface area contributed by atoms with E-state index in [-0.39, 0.29) is 17.8 Å². The Hall–Kier alpha value is -2.75. The zero-order valence-electron chi connectivity index (χ0n) is 16.4. The van der Waals surface area contributed by atoms with Gasteiger partial charge in [0.05, 0.1) is 6.21 Å². The lowest BCUT2D eigenvalue weighted by molar-refractivity contribution is -0.129. The van der Waals surface area contributed by atoms with Gasteiger partial charge in [0.25, 0.3) is 0 Å². The topological polar surface area (TPSA) is 62.0 Å². The van der Waals surface area contributed by atoms with Crippen molar-refractivity contribution in [3.8, 4) is 11.1 Å². The summed E-state index contributed by atoms with van der Waals surface area (Å²) in [6.07, 6.45) is 2.94. The maximum absolute atomic E-state index is 11.1. The van der Waals surface area contributed by atoms with Gasteiger partial charge in [-0.3, -0.25) is 4.99 Å². The van der Waals surface area contributed by atoms with E-state index in [1.54, 1.807) is 0 Å². The number of carbonyl (C=O) groups is 1. The van der Waals surface area contributed by atoms with Crippen LogP contribution in [0.3, 0.4) is 0 Å². The lowest BCUT2D eigenvalue weighted by Crippen LogP contribution is -2.15. The van der Waals surface area contributed by atoms with Gasteiger partial charge in [0.1, 0.15) is 6.17 Å². The van der Waals surface area contributed by atoms with Crippen molar-refractivity contribution >= 4 is 17.9 Å². The Kier molecular flexibility index (Phi) is 5.54. The molecular weight excluding hydrogens is 336 g/mol. The summed E-state index contributed by atoms with van der Waals surface area (Å²) in [7, 11) is 0. The van der Waals surface area contributed by atoms with Crippen LogP contribution < -0.4 is 0 Å². The second-order valence-electron chi connectivity index (χ2n) is 7.30. The number of aryl methyl sites for hydroxylation is 3. The van der Waals surface area contributed by atoms with Crippen molar-refractivity contribution in [2.45, 2.75) is 52.6 Å². The summed E-state index contributed by atoms with van der Waals surface area (Å²) in [5.41, 5.74) is 7.52. The maximum Gasteiger partial charge on any atom is 0.355 e. The second kappa shape index (κ2) is 7.87. The molecule has 0 saturated carbocycles. The molecule has 0 saturated heterocycles. The molecule has 0 aromatic heterocycles. The van der Waals surface area contributed by atoms with E-state index in [0.717, 1.165) is 18.4 Å². The number of rotatable bonds is 6. The number of carboxylic acids is 1. The molecule has 1 heterocycles. The van der Waals surface area contributed by atoms with Crippen LogP contribution in [-0.2, 0) is 4.79 Å². The van der Waals surface area contributed by atoms with E-state index in [4.69, 9.17) is 5.11 Å². The van der Waals surface area contributed by atoms with Crippen molar-refractivity contribution in [2.24, 2.45) is 9.98 Å². The third-order valence-electron chi connectivity index (χ3n) is 5.10. The van der Waals surface area contributed by atoms with E-state index in [9.17, 15) is 4.79 Å². The molecule has 1 N–H and O–H groups in total. The zero-order chi connectivity index (χ0) is 19.6. The van der Waals surface area contributed by atoms with Crippen LogP contribution in [0.5, 0.6) is 0 Å². The van der Waals surface area contributed by atoms with E-state index in [0.29, 0.717) is 0 Å². The molecular formula is C23H26N2O2. The van der Waals surface area contributed by atoms with Crippen LogP contribution in [0.1, 0.15) is 47.9 Å². The minimum atomic E-state index is -1.02. The Morgan fingerprint density at radius 3 is 2.26 bits per heavy atom.